The van der Waals surface area contributed by atoms with Gasteiger partial charge in [0.05, 0.1) is 11.5 Å². The summed E-state index contributed by atoms with van der Waals surface area (Å²) >= 11 is 0. The molecule has 0 saturated carbocycles. The molecule has 2 N–H and O–H groups in total. The van der Waals surface area contributed by atoms with Crippen molar-refractivity contribution in [3.8, 4) is 0 Å². The Morgan fingerprint density at radius 1 is 1.33 bits per heavy atom. The zero-order valence-electron chi connectivity index (χ0n) is 13.7. The lowest BCUT2D eigenvalue weighted by atomic mass is 9.83. The maximum atomic E-state index is 12.7. The second kappa shape index (κ2) is 6.18. The summed E-state index contributed by atoms with van der Waals surface area (Å²) < 4.78 is 0. The van der Waals surface area contributed by atoms with Gasteiger partial charge in [-0.2, -0.15) is 0 Å². The van der Waals surface area contributed by atoms with Crippen molar-refractivity contribution in [1.29, 1.82) is 0 Å². The molecule has 1 amide bonds. The fourth-order valence-electron chi connectivity index (χ4n) is 2.89. The Morgan fingerprint density at radius 3 is 2.52 bits per heavy atom. The molecule has 2 rings (SSSR count). The first kappa shape index (κ1) is 16.0. The normalized spacial score (nSPS) is 23.8. The van der Waals surface area contributed by atoms with Crippen LogP contribution in [-0.4, -0.2) is 19.0 Å². The van der Waals surface area contributed by atoms with Gasteiger partial charge < -0.3 is 10.6 Å². The molecule has 0 spiro atoms. The van der Waals surface area contributed by atoms with Crippen LogP contribution in [0.25, 0.3) is 0 Å². The minimum Gasteiger partial charge on any atom is -0.349 e. The van der Waals surface area contributed by atoms with Gasteiger partial charge in [0.15, 0.2) is 0 Å². The molecule has 3 heteroatoms. The van der Waals surface area contributed by atoms with Crippen LogP contribution in [0.5, 0.6) is 0 Å². The number of carbonyl (C=O) groups excluding carboxylic acids is 1. The van der Waals surface area contributed by atoms with E-state index in [-0.39, 0.29) is 22.8 Å². The largest absolute Gasteiger partial charge is 0.349 e. The molecule has 0 bridgehead atoms. The number of rotatable bonds is 4. The van der Waals surface area contributed by atoms with Crippen molar-refractivity contribution in [2.24, 2.45) is 10.8 Å². The van der Waals surface area contributed by atoms with E-state index in [0.29, 0.717) is 0 Å². The van der Waals surface area contributed by atoms with E-state index in [1.165, 1.54) is 5.56 Å². The Balaban J connectivity index is 2.14. The molecule has 2 atom stereocenters. The lowest BCUT2D eigenvalue weighted by molar-refractivity contribution is -0.130. The van der Waals surface area contributed by atoms with Crippen molar-refractivity contribution in [3.05, 3.63) is 35.9 Å². The molecule has 1 aliphatic heterocycles. The van der Waals surface area contributed by atoms with Crippen molar-refractivity contribution in [2.45, 2.75) is 46.6 Å². The van der Waals surface area contributed by atoms with E-state index in [0.717, 1.165) is 25.9 Å². The van der Waals surface area contributed by atoms with Gasteiger partial charge in [0.1, 0.15) is 0 Å². The van der Waals surface area contributed by atoms with Gasteiger partial charge >= 0.3 is 0 Å². The summed E-state index contributed by atoms with van der Waals surface area (Å²) in [6, 6.07) is 10.4. The van der Waals surface area contributed by atoms with E-state index >= 15 is 0 Å². The minimum atomic E-state index is -0.273. The summed E-state index contributed by atoms with van der Waals surface area (Å²) in [4.78, 5) is 12.7. The molecule has 0 radical (unpaired) electrons. The van der Waals surface area contributed by atoms with Gasteiger partial charge in [0.25, 0.3) is 0 Å². The average molecular weight is 288 g/mol. The molecule has 116 valence electrons. The highest BCUT2D eigenvalue weighted by Crippen LogP contribution is 2.32. The molecule has 1 heterocycles. The predicted molar refractivity (Wildman–Crippen MR) is 87.0 cm³/mol. The van der Waals surface area contributed by atoms with Crippen LogP contribution in [0.1, 0.15) is 52.1 Å². The molecule has 0 aromatic heterocycles. The van der Waals surface area contributed by atoms with Crippen LogP contribution in [0.15, 0.2) is 30.3 Å². The molecular weight excluding hydrogens is 260 g/mol. The molecule has 1 saturated heterocycles. The molecular formula is C18H28N2O. The average Bonchev–Trinajstić information content (AvgIpc) is 2.86. The Bertz CT molecular complexity index is 470. The van der Waals surface area contributed by atoms with Crippen molar-refractivity contribution in [1.82, 2.24) is 10.6 Å². The molecule has 3 nitrogen and oxygen atoms in total. The van der Waals surface area contributed by atoms with E-state index in [4.69, 9.17) is 0 Å². The predicted octanol–water partition coefficient (Wildman–Crippen LogP) is 3.28. The van der Waals surface area contributed by atoms with Crippen LogP contribution in [0, 0.1) is 10.8 Å². The zero-order valence-corrected chi connectivity index (χ0v) is 13.7. The Hall–Kier alpha value is -1.35. The molecule has 2 unspecified atom stereocenters. The minimum absolute atomic E-state index is 0.0797. The fourth-order valence-corrected chi connectivity index (χ4v) is 2.89. The fraction of sp³-hybridized carbons (Fsp3) is 0.611. The number of hydrogen-bond donors (Lipinski definition) is 2. The number of amides is 1. The first-order valence-electron chi connectivity index (χ1n) is 7.87. The maximum absolute atomic E-state index is 12.7. The summed E-state index contributed by atoms with van der Waals surface area (Å²) in [6.45, 7) is 10.4. The number of hydrogen-bond acceptors (Lipinski definition) is 2. The summed E-state index contributed by atoms with van der Waals surface area (Å²) in [5.41, 5.74) is 1.09. The molecule has 1 aromatic rings. The summed E-state index contributed by atoms with van der Waals surface area (Å²) in [5, 5.41) is 6.59. The smallest absolute Gasteiger partial charge is 0.227 e. The van der Waals surface area contributed by atoms with E-state index in [1.807, 2.05) is 18.2 Å². The van der Waals surface area contributed by atoms with Crippen LogP contribution in [0.2, 0.25) is 0 Å². The van der Waals surface area contributed by atoms with Crippen molar-refractivity contribution < 1.29 is 4.79 Å². The summed E-state index contributed by atoms with van der Waals surface area (Å²) in [5.74, 6) is 0.172. The third kappa shape index (κ3) is 4.31. The third-order valence-electron chi connectivity index (χ3n) is 4.24. The van der Waals surface area contributed by atoms with Crippen LogP contribution in [0.4, 0.5) is 0 Å². The Kier molecular flexibility index (Phi) is 4.72. The van der Waals surface area contributed by atoms with Gasteiger partial charge in [0, 0.05) is 6.54 Å². The Labute approximate surface area is 128 Å². The van der Waals surface area contributed by atoms with E-state index in [1.54, 1.807) is 0 Å². The van der Waals surface area contributed by atoms with Gasteiger partial charge in [-0.1, -0.05) is 51.1 Å². The first-order chi connectivity index (χ1) is 9.80. The molecule has 1 aromatic carbocycles. The SMILES string of the molecule is CC(C)(C)CC(NC(=O)C1(C)CCNC1)c1ccccc1. The lowest BCUT2D eigenvalue weighted by Gasteiger charge is -2.30. The summed E-state index contributed by atoms with van der Waals surface area (Å²) in [7, 11) is 0. The monoisotopic (exact) mass is 288 g/mol. The van der Waals surface area contributed by atoms with Crippen LogP contribution in [0.3, 0.4) is 0 Å². The summed E-state index contributed by atoms with van der Waals surface area (Å²) in [6.07, 6.45) is 1.85. The Morgan fingerprint density at radius 2 is 2.00 bits per heavy atom. The standard InChI is InChI=1S/C18H28N2O/c1-17(2,3)12-15(14-8-6-5-7-9-14)20-16(21)18(4)10-11-19-13-18/h5-9,15,19H,10-13H2,1-4H3,(H,20,21). The quantitative estimate of drug-likeness (QED) is 0.892. The number of benzene rings is 1. The lowest BCUT2D eigenvalue weighted by Crippen LogP contribution is -2.42. The maximum Gasteiger partial charge on any atom is 0.227 e. The third-order valence-corrected chi connectivity index (χ3v) is 4.24. The van der Waals surface area contributed by atoms with Gasteiger partial charge in [-0.25, -0.2) is 0 Å². The molecule has 1 fully saturated rings. The molecule has 1 aliphatic rings. The van der Waals surface area contributed by atoms with Crippen LogP contribution < -0.4 is 10.6 Å². The molecule has 0 aliphatic carbocycles. The van der Waals surface area contributed by atoms with Crippen LogP contribution >= 0.6 is 0 Å². The zero-order chi connectivity index (χ0) is 15.5. The van der Waals surface area contributed by atoms with Crippen molar-refractivity contribution >= 4 is 5.91 Å². The molecule has 21 heavy (non-hydrogen) atoms. The van der Waals surface area contributed by atoms with E-state index in [9.17, 15) is 4.79 Å². The second-order valence-corrected chi connectivity index (χ2v) is 7.69. The highest BCUT2D eigenvalue weighted by Gasteiger charge is 2.37. The van der Waals surface area contributed by atoms with Crippen LogP contribution in [-0.2, 0) is 4.79 Å². The van der Waals surface area contributed by atoms with Crippen molar-refractivity contribution in [3.63, 3.8) is 0 Å². The second-order valence-electron chi connectivity index (χ2n) is 7.69. The van der Waals surface area contributed by atoms with Gasteiger partial charge in [0.2, 0.25) is 5.91 Å². The van der Waals surface area contributed by atoms with Gasteiger partial charge in [-0.15, -0.1) is 0 Å². The van der Waals surface area contributed by atoms with Crippen molar-refractivity contribution in [2.75, 3.05) is 13.1 Å². The number of carbonyl (C=O) groups is 1. The van der Waals surface area contributed by atoms with E-state index in [2.05, 4.69) is 50.5 Å². The number of nitrogens with one attached hydrogen (secondary N) is 2. The first-order valence-corrected chi connectivity index (χ1v) is 7.87. The van der Waals surface area contributed by atoms with Gasteiger partial charge in [-0.3, -0.25) is 4.79 Å². The highest BCUT2D eigenvalue weighted by atomic mass is 16.2. The highest BCUT2D eigenvalue weighted by molar-refractivity contribution is 5.83. The topological polar surface area (TPSA) is 41.1 Å². The van der Waals surface area contributed by atoms with Gasteiger partial charge in [-0.05, 0) is 37.3 Å². The van der Waals surface area contributed by atoms with E-state index < -0.39 is 0 Å².